The average molecular weight is 722 g/mol. The van der Waals surface area contributed by atoms with Crippen LogP contribution in [-0.2, 0) is 6.42 Å². The van der Waals surface area contributed by atoms with E-state index in [0.717, 1.165) is 5.69 Å². The van der Waals surface area contributed by atoms with E-state index in [-0.39, 0.29) is 0 Å². The summed E-state index contributed by atoms with van der Waals surface area (Å²) in [6.45, 7) is 0.401. The molecule has 0 bridgehead atoms. The number of nitrogens with zero attached hydrogens (tertiary/aromatic N) is 4. The van der Waals surface area contributed by atoms with Gasteiger partial charge in [0.25, 0.3) is 0 Å². The minimum atomic E-state index is -3.80. The van der Waals surface area contributed by atoms with Gasteiger partial charge >= 0.3 is 22.9 Å². The van der Waals surface area contributed by atoms with Gasteiger partial charge in [-0.25, -0.2) is 5.09 Å². The summed E-state index contributed by atoms with van der Waals surface area (Å²) in [4.78, 5) is 4.52. The number of hydrogen-bond donors (Lipinski definition) is 1. The molecule has 0 aliphatic carbocycles. The molecule has 0 saturated heterocycles. The number of hydrogen-bond acceptors (Lipinski definition) is 10. The van der Waals surface area contributed by atoms with Crippen molar-refractivity contribution in [2.45, 2.75) is 6.42 Å². The van der Waals surface area contributed by atoms with E-state index in [9.17, 15) is 0 Å². The summed E-state index contributed by atoms with van der Waals surface area (Å²) in [6, 6.07) is 52.5. The third kappa shape index (κ3) is 8.73. The lowest BCUT2D eigenvalue weighted by Gasteiger charge is -2.33. The zero-order chi connectivity index (χ0) is 34.0. The van der Waals surface area contributed by atoms with Crippen molar-refractivity contribution in [1.29, 1.82) is 0 Å². The van der Waals surface area contributed by atoms with E-state index in [1.54, 1.807) is 6.20 Å². The van der Waals surface area contributed by atoms with Gasteiger partial charge in [-0.05, 0) is 72.8 Å². The number of para-hydroxylation sites is 5. The third-order valence-corrected chi connectivity index (χ3v) is 15.4. The Hall–Kier alpha value is -5.10. The Bertz CT molecular complexity index is 1970. The molecule has 7 rings (SSSR count). The smallest absolute Gasteiger partial charge is 0.431 e. The predicted molar refractivity (Wildman–Crippen MR) is 199 cm³/mol. The Morgan fingerprint density at radius 1 is 0.400 bits per heavy atom. The first-order valence-corrected chi connectivity index (χ1v) is 20.6. The molecule has 1 aliphatic heterocycles. The van der Waals surface area contributed by atoms with E-state index >= 15 is 0 Å². The van der Waals surface area contributed by atoms with Crippen LogP contribution in [0.4, 0.5) is 0 Å². The highest BCUT2D eigenvalue weighted by molar-refractivity contribution is 7.79. The van der Waals surface area contributed by atoms with E-state index in [0.29, 0.717) is 41.7 Å². The summed E-state index contributed by atoms with van der Waals surface area (Å²) in [5.41, 5.74) is 0.892. The van der Waals surface area contributed by atoms with Crippen molar-refractivity contribution in [2.24, 2.45) is 13.5 Å². The Morgan fingerprint density at radius 2 is 0.780 bits per heavy atom. The van der Waals surface area contributed by atoms with E-state index in [1.807, 2.05) is 170 Å². The molecular weight excluding hydrogens is 687 g/mol. The van der Waals surface area contributed by atoms with Crippen molar-refractivity contribution in [2.75, 3.05) is 6.54 Å². The normalized spacial score (nSPS) is 17.1. The molecule has 50 heavy (non-hydrogen) atoms. The molecule has 1 N–H and O–H groups in total. The first kappa shape index (κ1) is 33.4. The molecule has 1 aromatic heterocycles. The number of pyridine rings is 1. The van der Waals surface area contributed by atoms with Gasteiger partial charge in [0.2, 0.25) is 0 Å². The second kappa shape index (κ2) is 15.6. The highest BCUT2D eigenvalue weighted by Gasteiger charge is 2.46. The minimum absolute atomic E-state index is 0.401. The first-order valence-electron chi connectivity index (χ1n) is 15.9. The highest BCUT2D eigenvalue weighted by atomic mass is 31.3. The summed E-state index contributed by atoms with van der Waals surface area (Å²) in [6.07, 6.45) is 2.34. The van der Waals surface area contributed by atoms with E-state index in [1.165, 1.54) is 0 Å². The van der Waals surface area contributed by atoms with Gasteiger partial charge in [-0.15, -0.1) is 9.03 Å². The molecule has 252 valence electrons. The lowest BCUT2D eigenvalue weighted by molar-refractivity contribution is 0.457. The largest absolute Gasteiger partial charge is 0.459 e. The number of rotatable bonds is 14. The molecule has 0 saturated carbocycles. The molecule has 5 aromatic carbocycles. The van der Waals surface area contributed by atoms with Crippen molar-refractivity contribution in [3.05, 3.63) is 182 Å². The fourth-order valence-corrected chi connectivity index (χ4v) is 14.3. The van der Waals surface area contributed by atoms with Crippen molar-refractivity contribution >= 4 is 22.9 Å². The first-order chi connectivity index (χ1) is 24.6. The molecule has 10 nitrogen and oxygen atoms in total. The van der Waals surface area contributed by atoms with Gasteiger partial charge in [0.1, 0.15) is 28.7 Å². The van der Waals surface area contributed by atoms with Crippen molar-refractivity contribution in [1.82, 2.24) is 10.1 Å². The molecule has 0 radical (unpaired) electrons. The SMILES string of the molecule is c1ccc(OP2(NCCc3ccccn3)=NP(Oc3ccccc3)(Oc3ccccc3)=NP(Oc3ccccc3)(Oc3ccccc3)=N2)cc1. The quantitative estimate of drug-likeness (QED) is 0.112. The topological polar surface area (TPSA) is 108 Å². The van der Waals surface area contributed by atoms with Crippen LogP contribution in [0.1, 0.15) is 5.69 Å². The lowest BCUT2D eigenvalue weighted by Crippen LogP contribution is -2.20. The van der Waals surface area contributed by atoms with E-state index < -0.39 is 22.9 Å². The van der Waals surface area contributed by atoms with Crippen LogP contribution in [0.15, 0.2) is 190 Å². The van der Waals surface area contributed by atoms with Crippen LogP contribution >= 0.6 is 22.9 Å². The van der Waals surface area contributed by atoms with Crippen LogP contribution in [0, 0.1) is 0 Å². The Balaban J connectivity index is 1.49. The summed E-state index contributed by atoms with van der Waals surface area (Å²) >= 11 is 0. The summed E-state index contributed by atoms with van der Waals surface area (Å²) in [5, 5.41) is 3.58. The molecule has 0 spiro atoms. The molecule has 2 heterocycles. The summed E-state index contributed by atoms with van der Waals surface area (Å²) in [5.74, 6) is 2.52. The molecule has 13 heteroatoms. The second-order valence-electron chi connectivity index (χ2n) is 10.8. The minimum Gasteiger partial charge on any atom is -0.431 e. The molecule has 1 atom stereocenters. The van der Waals surface area contributed by atoms with Crippen LogP contribution in [0.3, 0.4) is 0 Å². The van der Waals surface area contributed by atoms with Crippen molar-refractivity contribution in [3.8, 4) is 28.7 Å². The second-order valence-corrected chi connectivity index (χ2v) is 17.2. The molecule has 0 fully saturated rings. The van der Waals surface area contributed by atoms with Gasteiger partial charge in [0, 0.05) is 24.9 Å². The number of nitrogens with one attached hydrogen (secondary N) is 1. The van der Waals surface area contributed by atoms with Gasteiger partial charge in [-0.3, -0.25) is 4.98 Å². The van der Waals surface area contributed by atoms with Gasteiger partial charge in [-0.1, -0.05) is 102 Å². The van der Waals surface area contributed by atoms with Crippen molar-refractivity contribution in [3.63, 3.8) is 0 Å². The Labute approximate surface area is 291 Å². The summed E-state index contributed by atoms with van der Waals surface area (Å²) in [7, 11) is -11.2. The Morgan fingerprint density at radius 3 is 1.18 bits per heavy atom. The number of aromatic nitrogens is 1. The van der Waals surface area contributed by atoms with Crippen molar-refractivity contribution < 1.29 is 22.6 Å². The maximum absolute atomic E-state index is 6.86. The maximum Gasteiger partial charge on any atom is 0.459 e. The van der Waals surface area contributed by atoms with Gasteiger partial charge in [0.05, 0.1) is 0 Å². The zero-order valence-electron chi connectivity index (χ0n) is 26.8. The fourth-order valence-electron chi connectivity index (χ4n) is 4.80. The van der Waals surface area contributed by atoms with E-state index in [2.05, 4.69) is 10.1 Å². The monoisotopic (exact) mass is 721 g/mol. The predicted octanol–water partition coefficient (Wildman–Crippen LogP) is 11.5. The van der Waals surface area contributed by atoms with Crippen LogP contribution in [-0.4, -0.2) is 11.5 Å². The average Bonchev–Trinajstić information content (AvgIpc) is 3.14. The van der Waals surface area contributed by atoms with Crippen LogP contribution in [0.2, 0.25) is 0 Å². The zero-order valence-corrected chi connectivity index (χ0v) is 29.5. The van der Waals surface area contributed by atoms with E-state index in [4.69, 9.17) is 36.2 Å². The highest BCUT2D eigenvalue weighted by Crippen LogP contribution is 2.77. The standard InChI is InChI=1S/C37H34N5O5P3/c1-6-19-33(20-7-1)43-48(39-31-29-32-18-16-17-30-38-32)40-49(44-34-21-8-2-9-22-34,45-35-23-10-3-11-24-35)42-50(41-48,46-36-25-12-4-13-26-36)47-37-27-14-5-15-28-37/h1-28,30,39H,29,31H2. The maximum atomic E-state index is 6.86. The van der Waals surface area contributed by atoms with Gasteiger partial charge < -0.3 is 22.6 Å². The van der Waals surface area contributed by atoms with Gasteiger partial charge in [0.15, 0.2) is 0 Å². The molecular formula is C37H34N5O5P3. The molecule has 1 aliphatic rings. The Kier molecular flexibility index (Phi) is 10.4. The fraction of sp³-hybridized carbons (Fsp3) is 0.0541. The summed E-state index contributed by atoms with van der Waals surface area (Å²) < 4.78 is 49.9. The lowest BCUT2D eigenvalue weighted by atomic mass is 10.3. The third-order valence-electron chi connectivity index (χ3n) is 6.97. The van der Waals surface area contributed by atoms with Crippen LogP contribution in [0.5, 0.6) is 28.7 Å². The molecule has 0 amide bonds. The van der Waals surface area contributed by atoms with Crippen LogP contribution in [0.25, 0.3) is 0 Å². The molecule has 1 unspecified atom stereocenters. The van der Waals surface area contributed by atoms with Crippen LogP contribution < -0.4 is 27.7 Å². The molecule has 6 aromatic rings. The van der Waals surface area contributed by atoms with Gasteiger partial charge in [-0.2, -0.15) is 0 Å². The number of benzene rings is 5.